The molecule has 0 saturated carbocycles. The number of para-hydroxylation sites is 1. The summed E-state index contributed by atoms with van der Waals surface area (Å²) in [5.74, 6) is 0.367. The van der Waals surface area contributed by atoms with Crippen LogP contribution in [0.5, 0.6) is 5.75 Å². The molecule has 0 spiro atoms. The highest BCUT2D eigenvalue weighted by Crippen LogP contribution is 2.29. The van der Waals surface area contributed by atoms with Crippen molar-refractivity contribution in [2.24, 2.45) is 4.40 Å². The number of sulfonamides is 1. The van der Waals surface area contributed by atoms with E-state index < -0.39 is 10.0 Å². The smallest absolute Gasteiger partial charge is 0.286 e. The van der Waals surface area contributed by atoms with E-state index in [1.165, 1.54) is 6.07 Å². The minimum atomic E-state index is -3.75. The van der Waals surface area contributed by atoms with Crippen LogP contribution in [0.3, 0.4) is 0 Å². The fraction of sp³-hybridized carbons (Fsp3) is 0.125. The number of methoxy groups -OCH3 is 1. The molecule has 2 aromatic rings. The van der Waals surface area contributed by atoms with E-state index in [2.05, 4.69) is 15.0 Å². The molecule has 25 heavy (non-hydrogen) atoms. The van der Waals surface area contributed by atoms with E-state index in [-0.39, 0.29) is 21.7 Å². The summed E-state index contributed by atoms with van der Waals surface area (Å²) in [6.07, 6.45) is 0. The number of hydrogen-bond donors (Lipinski definition) is 2. The summed E-state index contributed by atoms with van der Waals surface area (Å²) >= 11 is 1.02. The number of nitrogens with zero attached hydrogens (tertiary/aromatic N) is 1. The zero-order valence-electron chi connectivity index (χ0n) is 13.2. The number of fused-ring (bicyclic) bond motifs is 1. The van der Waals surface area contributed by atoms with Gasteiger partial charge in [-0.05, 0) is 24.3 Å². The maximum absolute atomic E-state index is 12.1. The first kappa shape index (κ1) is 17.3. The third kappa shape index (κ3) is 4.12. The molecule has 2 aromatic carbocycles. The molecular formula is C16H15N3O4S2. The van der Waals surface area contributed by atoms with Gasteiger partial charge < -0.3 is 15.4 Å². The minimum Gasteiger partial charge on any atom is -0.497 e. The number of carbonyl (C=O) groups is 1. The van der Waals surface area contributed by atoms with Crippen LogP contribution in [0.15, 0.2) is 57.8 Å². The second-order valence-electron chi connectivity index (χ2n) is 5.06. The van der Waals surface area contributed by atoms with Gasteiger partial charge in [-0.2, -0.15) is 8.42 Å². The summed E-state index contributed by atoms with van der Waals surface area (Å²) < 4.78 is 33.1. The molecule has 0 fully saturated rings. The van der Waals surface area contributed by atoms with Crippen LogP contribution in [0.2, 0.25) is 0 Å². The van der Waals surface area contributed by atoms with Crippen molar-refractivity contribution in [1.29, 1.82) is 0 Å². The summed E-state index contributed by atoms with van der Waals surface area (Å²) in [7, 11) is -2.21. The molecule has 0 bridgehead atoms. The fourth-order valence-corrected chi connectivity index (χ4v) is 4.22. The number of rotatable bonds is 4. The monoisotopic (exact) mass is 377 g/mol. The molecule has 130 valence electrons. The van der Waals surface area contributed by atoms with Gasteiger partial charge in [-0.3, -0.25) is 4.79 Å². The van der Waals surface area contributed by atoms with Gasteiger partial charge >= 0.3 is 0 Å². The van der Waals surface area contributed by atoms with Crippen LogP contribution in [0, 0.1) is 0 Å². The highest BCUT2D eigenvalue weighted by molar-refractivity contribution is 8.15. The van der Waals surface area contributed by atoms with Crippen molar-refractivity contribution in [2.75, 3.05) is 23.5 Å². The molecule has 3 rings (SSSR count). The Morgan fingerprint density at radius 2 is 2.04 bits per heavy atom. The van der Waals surface area contributed by atoms with Crippen LogP contribution in [0.1, 0.15) is 0 Å². The predicted octanol–water partition coefficient (Wildman–Crippen LogP) is 2.54. The van der Waals surface area contributed by atoms with Crippen molar-refractivity contribution in [2.45, 2.75) is 4.90 Å². The lowest BCUT2D eigenvalue weighted by Gasteiger charge is -2.17. The van der Waals surface area contributed by atoms with Gasteiger partial charge in [-0.15, -0.1) is 4.40 Å². The molecule has 1 heterocycles. The van der Waals surface area contributed by atoms with E-state index in [9.17, 15) is 13.2 Å². The minimum absolute atomic E-state index is 0.0146. The SMILES string of the molecule is COc1cccc(NC(=O)CSC2=NS(=O)(=O)c3ccccc3N2)c1. The van der Waals surface area contributed by atoms with Gasteiger partial charge in [0.25, 0.3) is 10.0 Å². The molecule has 9 heteroatoms. The fourth-order valence-electron chi connectivity index (χ4n) is 2.19. The number of thioether (sulfide) groups is 1. The van der Waals surface area contributed by atoms with Crippen LogP contribution in [0.4, 0.5) is 11.4 Å². The van der Waals surface area contributed by atoms with Crippen molar-refractivity contribution in [1.82, 2.24) is 0 Å². The van der Waals surface area contributed by atoms with Gasteiger partial charge in [0.05, 0.1) is 18.6 Å². The highest BCUT2D eigenvalue weighted by atomic mass is 32.2. The number of ether oxygens (including phenoxy) is 1. The number of nitrogens with one attached hydrogen (secondary N) is 2. The second kappa shape index (κ2) is 7.16. The van der Waals surface area contributed by atoms with Crippen LogP contribution in [0.25, 0.3) is 0 Å². The largest absolute Gasteiger partial charge is 0.497 e. The van der Waals surface area contributed by atoms with E-state index in [0.717, 1.165) is 11.8 Å². The van der Waals surface area contributed by atoms with Gasteiger partial charge in [0.15, 0.2) is 5.17 Å². The quantitative estimate of drug-likeness (QED) is 0.850. The Labute approximate surface area is 149 Å². The Hall–Kier alpha value is -2.52. The number of amidine groups is 1. The molecule has 1 aliphatic rings. The first-order valence-electron chi connectivity index (χ1n) is 7.26. The molecule has 0 radical (unpaired) electrons. The maximum Gasteiger partial charge on any atom is 0.286 e. The molecular weight excluding hydrogens is 362 g/mol. The summed E-state index contributed by atoms with van der Waals surface area (Å²) in [6.45, 7) is 0. The second-order valence-corrected chi connectivity index (χ2v) is 7.60. The van der Waals surface area contributed by atoms with Crippen LogP contribution in [-0.4, -0.2) is 32.4 Å². The highest BCUT2D eigenvalue weighted by Gasteiger charge is 2.24. The summed E-state index contributed by atoms with van der Waals surface area (Å²) in [5, 5.41) is 5.81. The normalized spacial score (nSPS) is 14.7. The van der Waals surface area contributed by atoms with Gasteiger partial charge in [0, 0.05) is 11.8 Å². The number of hydrogen-bond acceptors (Lipinski definition) is 6. The molecule has 0 saturated heterocycles. The lowest BCUT2D eigenvalue weighted by Crippen LogP contribution is -2.22. The van der Waals surface area contributed by atoms with Crippen molar-refractivity contribution in [3.63, 3.8) is 0 Å². The number of carbonyl (C=O) groups excluding carboxylic acids is 1. The van der Waals surface area contributed by atoms with Gasteiger partial charge in [-0.1, -0.05) is 30.0 Å². The molecule has 7 nitrogen and oxygen atoms in total. The first-order chi connectivity index (χ1) is 12.0. The summed E-state index contributed by atoms with van der Waals surface area (Å²) in [6, 6.07) is 13.5. The average Bonchev–Trinajstić information content (AvgIpc) is 2.60. The zero-order valence-corrected chi connectivity index (χ0v) is 14.9. The Balaban J connectivity index is 1.64. The molecule has 1 amide bonds. The number of amides is 1. The Kier molecular flexibility index (Phi) is 4.95. The Bertz CT molecular complexity index is 942. The summed E-state index contributed by atoms with van der Waals surface area (Å²) in [4.78, 5) is 12.2. The van der Waals surface area contributed by atoms with E-state index in [1.807, 2.05) is 0 Å². The predicted molar refractivity (Wildman–Crippen MR) is 98.8 cm³/mol. The molecule has 0 unspecified atom stereocenters. The van der Waals surface area contributed by atoms with Gasteiger partial charge in [0.1, 0.15) is 10.6 Å². The van der Waals surface area contributed by atoms with Crippen LogP contribution in [-0.2, 0) is 14.8 Å². The van der Waals surface area contributed by atoms with Crippen LogP contribution < -0.4 is 15.4 Å². The molecule has 1 aliphatic heterocycles. The summed E-state index contributed by atoms with van der Waals surface area (Å²) in [5.41, 5.74) is 1.05. The molecule has 0 atom stereocenters. The van der Waals surface area contributed by atoms with Crippen molar-refractivity contribution in [3.8, 4) is 5.75 Å². The topological polar surface area (TPSA) is 96.9 Å². The molecule has 2 N–H and O–H groups in total. The maximum atomic E-state index is 12.1. The van der Waals surface area contributed by atoms with E-state index in [0.29, 0.717) is 17.1 Å². The Morgan fingerprint density at radius 3 is 2.84 bits per heavy atom. The van der Waals surface area contributed by atoms with Crippen molar-refractivity contribution >= 4 is 44.2 Å². The van der Waals surface area contributed by atoms with Crippen LogP contribution >= 0.6 is 11.8 Å². The third-order valence-corrected chi connectivity index (χ3v) is 5.63. The standard InChI is InChI=1S/C16H15N3O4S2/c1-23-12-6-4-5-11(9-12)17-15(20)10-24-16-18-13-7-2-3-8-14(13)25(21,22)19-16/h2-9H,10H2,1H3,(H,17,20)(H,18,19). The number of anilines is 2. The molecule has 0 aromatic heterocycles. The van der Waals surface area contributed by atoms with E-state index >= 15 is 0 Å². The van der Waals surface area contributed by atoms with Crippen molar-refractivity contribution < 1.29 is 17.9 Å². The zero-order chi connectivity index (χ0) is 17.9. The van der Waals surface area contributed by atoms with Gasteiger partial charge in [-0.25, -0.2) is 0 Å². The van der Waals surface area contributed by atoms with Crippen molar-refractivity contribution in [3.05, 3.63) is 48.5 Å². The lowest BCUT2D eigenvalue weighted by molar-refractivity contribution is -0.113. The third-order valence-electron chi connectivity index (χ3n) is 3.30. The average molecular weight is 377 g/mol. The van der Waals surface area contributed by atoms with E-state index in [4.69, 9.17) is 4.74 Å². The Morgan fingerprint density at radius 1 is 1.24 bits per heavy atom. The molecule has 0 aliphatic carbocycles. The van der Waals surface area contributed by atoms with Gasteiger partial charge in [0.2, 0.25) is 5.91 Å². The lowest BCUT2D eigenvalue weighted by atomic mass is 10.3. The van der Waals surface area contributed by atoms with E-state index in [1.54, 1.807) is 49.6 Å². The number of benzene rings is 2. The first-order valence-corrected chi connectivity index (χ1v) is 9.68.